The van der Waals surface area contributed by atoms with Crippen molar-refractivity contribution in [2.45, 2.75) is 29.0 Å². The fraction of sp³-hybridized carbons (Fsp3) is 0.375. The predicted octanol–water partition coefficient (Wildman–Crippen LogP) is 3.47. The highest BCUT2D eigenvalue weighted by Crippen LogP contribution is 2.29. The maximum Gasteiger partial charge on any atom is 0.247 e. The molecular weight excluding hydrogens is 358 g/mol. The molecular formula is C16H17N5O2S2. The number of rotatable bonds is 7. The van der Waals surface area contributed by atoms with Crippen LogP contribution >= 0.6 is 23.1 Å². The van der Waals surface area contributed by atoms with Crippen molar-refractivity contribution in [2.75, 3.05) is 18.5 Å². The standard InChI is InChI=1S/C16H17N5O2S2/c1-2-5-11(6-3-1)14-19-18-13(23-14)10-24-16-21-20-15(25-16)17-9-12-7-4-8-22-12/h1-3,5-6,12H,4,7-10H2,(H,17,20)/t12-/m0/s1. The average Bonchev–Trinajstić information content (AvgIpc) is 3.40. The molecule has 1 aromatic carbocycles. The van der Waals surface area contributed by atoms with E-state index in [4.69, 9.17) is 9.15 Å². The summed E-state index contributed by atoms with van der Waals surface area (Å²) in [4.78, 5) is 0. The molecule has 1 fully saturated rings. The van der Waals surface area contributed by atoms with Gasteiger partial charge in [0.05, 0.1) is 11.9 Å². The van der Waals surface area contributed by atoms with Gasteiger partial charge in [-0.05, 0) is 25.0 Å². The second-order valence-electron chi connectivity index (χ2n) is 5.54. The van der Waals surface area contributed by atoms with E-state index in [-0.39, 0.29) is 6.10 Å². The van der Waals surface area contributed by atoms with Crippen molar-refractivity contribution in [3.8, 4) is 11.5 Å². The minimum atomic E-state index is 0.287. The van der Waals surface area contributed by atoms with Gasteiger partial charge in [-0.15, -0.1) is 20.4 Å². The average molecular weight is 375 g/mol. The fourth-order valence-electron chi connectivity index (χ4n) is 2.48. The predicted molar refractivity (Wildman–Crippen MR) is 96.7 cm³/mol. The molecule has 0 saturated carbocycles. The number of nitrogens with one attached hydrogen (secondary N) is 1. The van der Waals surface area contributed by atoms with Crippen LogP contribution in [0.15, 0.2) is 39.1 Å². The van der Waals surface area contributed by atoms with Crippen molar-refractivity contribution in [1.82, 2.24) is 20.4 Å². The molecule has 0 amide bonds. The van der Waals surface area contributed by atoms with Crippen molar-refractivity contribution in [3.05, 3.63) is 36.2 Å². The van der Waals surface area contributed by atoms with E-state index in [1.165, 1.54) is 23.1 Å². The molecule has 0 unspecified atom stereocenters. The molecule has 1 N–H and O–H groups in total. The molecule has 0 aliphatic carbocycles. The van der Waals surface area contributed by atoms with Crippen LogP contribution in [0.5, 0.6) is 0 Å². The van der Waals surface area contributed by atoms with Crippen molar-refractivity contribution >= 4 is 28.2 Å². The highest BCUT2D eigenvalue weighted by Gasteiger charge is 2.16. The first-order valence-electron chi connectivity index (χ1n) is 8.06. The molecule has 1 aliphatic rings. The highest BCUT2D eigenvalue weighted by molar-refractivity contribution is 8.00. The van der Waals surface area contributed by atoms with Gasteiger partial charge in [0.15, 0.2) is 4.34 Å². The van der Waals surface area contributed by atoms with Gasteiger partial charge in [0.25, 0.3) is 0 Å². The first-order valence-corrected chi connectivity index (χ1v) is 9.86. The minimum Gasteiger partial charge on any atom is -0.420 e. The lowest BCUT2D eigenvalue weighted by molar-refractivity contribution is 0.120. The summed E-state index contributed by atoms with van der Waals surface area (Å²) in [7, 11) is 0. The van der Waals surface area contributed by atoms with Crippen molar-refractivity contribution in [2.24, 2.45) is 0 Å². The summed E-state index contributed by atoms with van der Waals surface area (Å²) in [6.07, 6.45) is 2.53. The molecule has 7 nitrogen and oxygen atoms in total. The summed E-state index contributed by atoms with van der Waals surface area (Å²) in [5.74, 6) is 1.68. The zero-order chi connectivity index (χ0) is 16.9. The summed E-state index contributed by atoms with van der Waals surface area (Å²) < 4.78 is 12.2. The second kappa shape index (κ2) is 7.94. The molecule has 0 radical (unpaired) electrons. The SMILES string of the molecule is c1ccc(-c2nnc(CSc3nnc(NC[C@@H]4CCCO4)s3)o2)cc1. The number of hydrogen-bond acceptors (Lipinski definition) is 9. The first kappa shape index (κ1) is 16.5. The Hall–Kier alpha value is -1.97. The number of ether oxygens (including phenoxy) is 1. The number of anilines is 1. The summed E-state index contributed by atoms with van der Waals surface area (Å²) in [6, 6.07) is 9.74. The Bertz CT molecular complexity index is 802. The molecule has 0 bridgehead atoms. The van der Waals surface area contributed by atoms with E-state index in [0.29, 0.717) is 17.5 Å². The van der Waals surface area contributed by atoms with Gasteiger partial charge in [-0.2, -0.15) is 0 Å². The van der Waals surface area contributed by atoms with E-state index < -0.39 is 0 Å². The molecule has 3 aromatic rings. The largest absolute Gasteiger partial charge is 0.420 e. The summed E-state index contributed by atoms with van der Waals surface area (Å²) >= 11 is 3.06. The zero-order valence-electron chi connectivity index (χ0n) is 13.4. The molecule has 0 spiro atoms. The van der Waals surface area contributed by atoms with Crippen LogP contribution in [-0.4, -0.2) is 39.7 Å². The van der Waals surface area contributed by atoms with E-state index >= 15 is 0 Å². The molecule has 130 valence electrons. The van der Waals surface area contributed by atoms with Crippen LogP contribution in [0.4, 0.5) is 5.13 Å². The van der Waals surface area contributed by atoms with Gasteiger partial charge in [0.1, 0.15) is 0 Å². The molecule has 4 rings (SSSR count). The third-order valence-electron chi connectivity index (χ3n) is 3.72. The maximum atomic E-state index is 5.69. The summed E-state index contributed by atoms with van der Waals surface area (Å²) in [5, 5.41) is 20.6. The Morgan fingerprint density at radius 2 is 2.08 bits per heavy atom. The van der Waals surface area contributed by atoms with E-state index in [1.807, 2.05) is 30.3 Å². The van der Waals surface area contributed by atoms with E-state index in [2.05, 4.69) is 25.7 Å². The normalized spacial score (nSPS) is 17.0. The third-order valence-corrected chi connectivity index (χ3v) is 5.72. The van der Waals surface area contributed by atoms with E-state index in [0.717, 1.165) is 41.0 Å². The zero-order valence-corrected chi connectivity index (χ0v) is 15.1. The van der Waals surface area contributed by atoms with Crippen LogP contribution in [0.2, 0.25) is 0 Å². The van der Waals surface area contributed by atoms with Crippen molar-refractivity contribution in [3.63, 3.8) is 0 Å². The van der Waals surface area contributed by atoms with Gasteiger partial charge < -0.3 is 14.5 Å². The molecule has 25 heavy (non-hydrogen) atoms. The van der Waals surface area contributed by atoms with Gasteiger partial charge in [-0.25, -0.2) is 0 Å². The topological polar surface area (TPSA) is 86.0 Å². The molecule has 9 heteroatoms. The Morgan fingerprint density at radius 1 is 1.16 bits per heavy atom. The monoisotopic (exact) mass is 375 g/mol. The van der Waals surface area contributed by atoms with Gasteiger partial charge in [0, 0.05) is 18.7 Å². The van der Waals surface area contributed by atoms with Crippen LogP contribution in [-0.2, 0) is 10.5 Å². The van der Waals surface area contributed by atoms with Crippen molar-refractivity contribution < 1.29 is 9.15 Å². The van der Waals surface area contributed by atoms with Crippen LogP contribution in [0.3, 0.4) is 0 Å². The van der Waals surface area contributed by atoms with Crippen molar-refractivity contribution in [1.29, 1.82) is 0 Å². The molecule has 2 aromatic heterocycles. The Morgan fingerprint density at radius 3 is 2.92 bits per heavy atom. The highest BCUT2D eigenvalue weighted by atomic mass is 32.2. The number of nitrogens with zero attached hydrogens (tertiary/aromatic N) is 4. The third kappa shape index (κ3) is 4.36. The fourth-order valence-corrected chi connectivity index (χ4v) is 4.07. The first-order chi connectivity index (χ1) is 12.4. The lowest BCUT2D eigenvalue weighted by Gasteiger charge is -2.08. The van der Waals surface area contributed by atoms with Crippen LogP contribution in [0.1, 0.15) is 18.7 Å². The Labute approximate surface area is 153 Å². The minimum absolute atomic E-state index is 0.287. The van der Waals surface area contributed by atoms with Crippen LogP contribution in [0, 0.1) is 0 Å². The Kier molecular flexibility index (Phi) is 5.24. The smallest absolute Gasteiger partial charge is 0.247 e. The molecule has 1 saturated heterocycles. The summed E-state index contributed by atoms with van der Waals surface area (Å²) in [6.45, 7) is 1.64. The second-order valence-corrected chi connectivity index (χ2v) is 7.74. The summed E-state index contributed by atoms with van der Waals surface area (Å²) in [5.41, 5.74) is 0.919. The van der Waals surface area contributed by atoms with Crippen LogP contribution in [0.25, 0.3) is 11.5 Å². The molecule has 3 heterocycles. The number of benzene rings is 1. The number of aromatic nitrogens is 4. The van der Waals surface area contributed by atoms with Gasteiger partial charge in [0.2, 0.25) is 16.9 Å². The molecule has 1 atom stereocenters. The Balaban J connectivity index is 1.29. The number of hydrogen-bond donors (Lipinski definition) is 1. The molecule has 1 aliphatic heterocycles. The lowest BCUT2D eigenvalue weighted by atomic mass is 10.2. The van der Waals surface area contributed by atoms with Gasteiger partial charge in [-0.3, -0.25) is 0 Å². The van der Waals surface area contributed by atoms with E-state index in [1.54, 1.807) is 0 Å². The van der Waals surface area contributed by atoms with Crippen LogP contribution < -0.4 is 5.32 Å². The lowest BCUT2D eigenvalue weighted by Crippen LogP contribution is -2.18. The van der Waals surface area contributed by atoms with Gasteiger partial charge in [-0.1, -0.05) is 41.3 Å². The van der Waals surface area contributed by atoms with E-state index in [9.17, 15) is 0 Å². The van der Waals surface area contributed by atoms with Gasteiger partial charge >= 0.3 is 0 Å². The quantitative estimate of drug-likeness (QED) is 0.628. The maximum absolute atomic E-state index is 5.69. The number of thioether (sulfide) groups is 1.